The zero-order valence-electron chi connectivity index (χ0n) is 22.0. The van der Waals surface area contributed by atoms with E-state index >= 15 is 0 Å². The van der Waals surface area contributed by atoms with Gasteiger partial charge in [0.15, 0.2) is 5.82 Å². The van der Waals surface area contributed by atoms with Crippen molar-refractivity contribution in [2.45, 2.75) is 64.5 Å². The average molecular weight is 581 g/mol. The van der Waals surface area contributed by atoms with Gasteiger partial charge in [-0.25, -0.2) is 4.98 Å². The van der Waals surface area contributed by atoms with Crippen LogP contribution in [0.1, 0.15) is 62.7 Å². The molecule has 38 heavy (non-hydrogen) atoms. The molecule has 3 heterocycles. The Morgan fingerprint density at radius 2 is 1.82 bits per heavy atom. The molecule has 3 fully saturated rings. The normalized spacial score (nSPS) is 25.6. The van der Waals surface area contributed by atoms with Crippen LogP contribution in [0, 0.1) is 24.7 Å². The third kappa shape index (κ3) is 6.01. The molecule has 0 spiro atoms. The Hall–Kier alpha value is -1.80. The number of halogens is 3. The summed E-state index contributed by atoms with van der Waals surface area (Å²) in [6, 6.07) is 5.83. The lowest BCUT2D eigenvalue weighted by atomic mass is 9.75. The minimum absolute atomic E-state index is 0.110. The molecule has 0 radical (unpaired) electrons. The van der Waals surface area contributed by atoms with Crippen molar-refractivity contribution < 1.29 is 9.90 Å². The Morgan fingerprint density at radius 1 is 1.08 bits per heavy atom. The van der Waals surface area contributed by atoms with E-state index in [1.807, 2.05) is 26.0 Å². The van der Waals surface area contributed by atoms with Crippen molar-refractivity contribution in [2.75, 3.05) is 36.4 Å². The van der Waals surface area contributed by atoms with Crippen LogP contribution < -0.4 is 10.2 Å². The topological polar surface area (TPSA) is 81.6 Å². The summed E-state index contributed by atoms with van der Waals surface area (Å²) >= 11 is 19.1. The van der Waals surface area contributed by atoms with E-state index in [4.69, 9.17) is 44.8 Å². The number of aryl methyl sites for hydroxylation is 1. The summed E-state index contributed by atoms with van der Waals surface area (Å²) in [6.07, 6.45) is 6.34. The molecule has 2 unspecified atom stereocenters. The van der Waals surface area contributed by atoms with E-state index in [2.05, 4.69) is 15.1 Å². The summed E-state index contributed by atoms with van der Waals surface area (Å²) in [4.78, 5) is 25.6. The van der Waals surface area contributed by atoms with Crippen LogP contribution in [0.15, 0.2) is 18.2 Å². The lowest BCUT2D eigenvalue weighted by Crippen LogP contribution is -2.52. The summed E-state index contributed by atoms with van der Waals surface area (Å²) in [5.74, 6) is 1.91. The Bertz CT molecular complexity index is 1170. The maximum Gasteiger partial charge on any atom is 0.306 e. The van der Waals surface area contributed by atoms with Crippen molar-refractivity contribution in [3.63, 3.8) is 0 Å². The predicted octanol–water partition coefficient (Wildman–Crippen LogP) is 6.71. The predicted molar refractivity (Wildman–Crippen MR) is 154 cm³/mol. The SMILES string of the molecule is Cc1nc(N2CCC(C3CCCN(C4CC(C(=O)O)C4)C3)CC2)nc(NC(C)c2ccc(Cl)cc2Cl)c1Cl. The Morgan fingerprint density at radius 3 is 2.50 bits per heavy atom. The second-order valence-electron chi connectivity index (χ2n) is 11.2. The minimum atomic E-state index is -0.636. The van der Waals surface area contributed by atoms with Crippen molar-refractivity contribution in [3.8, 4) is 0 Å². The smallest absolute Gasteiger partial charge is 0.306 e. The highest BCUT2D eigenvalue weighted by Crippen LogP contribution is 2.39. The fraction of sp³-hybridized carbons (Fsp3) is 0.607. The van der Waals surface area contributed by atoms with Gasteiger partial charge in [-0.1, -0.05) is 40.9 Å². The van der Waals surface area contributed by atoms with Gasteiger partial charge in [-0.3, -0.25) is 4.79 Å². The molecule has 5 rings (SSSR count). The van der Waals surface area contributed by atoms with Crippen LogP contribution in [0.3, 0.4) is 0 Å². The van der Waals surface area contributed by atoms with Crippen LogP contribution >= 0.6 is 34.8 Å². The first-order valence-corrected chi connectivity index (χ1v) is 14.8. The second-order valence-corrected chi connectivity index (χ2v) is 12.4. The van der Waals surface area contributed by atoms with E-state index in [0.717, 1.165) is 63.1 Å². The summed E-state index contributed by atoms with van der Waals surface area (Å²) in [5, 5.41) is 14.4. The Balaban J connectivity index is 1.20. The molecular weight excluding hydrogens is 545 g/mol. The maximum absolute atomic E-state index is 11.2. The van der Waals surface area contributed by atoms with E-state index in [0.29, 0.717) is 44.7 Å². The highest BCUT2D eigenvalue weighted by atomic mass is 35.5. The number of piperidine rings is 2. The van der Waals surface area contributed by atoms with Crippen molar-refractivity contribution >= 4 is 52.5 Å². The van der Waals surface area contributed by atoms with Crippen LogP contribution in [-0.4, -0.2) is 58.2 Å². The molecule has 0 amide bonds. The average Bonchev–Trinajstić information content (AvgIpc) is 2.86. The molecule has 2 N–H and O–H groups in total. The zero-order chi connectivity index (χ0) is 27.0. The molecule has 1 aliphatic carbocycles. The lowest BCUT2D eigenvalue weighted by molar-refractivity contribution is -0.147. The standard InChI is InChI=1S/C28H36Cl3N5O2/c1-16(23-6-5-21(29)14-24(23)30)32-26-25(31)17(2)33-28(34-26)35-10-7-18(8-11-35)19-4-3-9-36(15-19)22-12-20(13-22)27(37)38/h5-6,14,16,18-20,22H,3-4,7-13,15H2,1-2H3,(H,37,38)(H,32,33,34). The van der Waals surface area contributed by atoms with Gasteiger partial charge in [0.05, 0.1) is 17.7 Å². The quantitative estimate of drug-likeness (QED) is 0.377. The summed E-state index contributed by atoms with van der Waals surface area (Å²) in [5.41, 5.74) is 1.67. The number of hydrogen-bond donors (Lipinski definition) is 2. The molecule has 7 nitrogen and oxygen atoms in total. The minimum Gasteiger partial charge on any atom is -0.481 e. The third-order valence-electron chi connectivity index (χ3n) is 8.74. The summed E-state index contributed by atoms with van der Waals surface area (Å²) < 4.78 is 0. The fourth-order valence-corrected chi connectivity index (χ4v) is 7.04. The number of anilines is 2. The number of carbonyl (C=O) groups is 1. The zero-order valence-corrected chi connectivity index (χ0v) is 24.2. The van der Waals surface area contributed by atoms with Crippen LogP contribution in [-0.2, 0) is 4.79 Å². The van der Waals surface area contributed by atoms with Gasteiger partial charge in [-0.2, -0.15) is 4.98 Å². The van der Waals surface area contributed by atoms with Gasteiger partial charge < -0.3 is 20.2 Å². The Labute approximate surface area is 239 Å². The van der Waals surface area contributed by atoms with Gasteiger partial charge in [-0.05, 0) is 88.4 Å². The second kappa shape index (κ2) is 11.7. The van der Waals surface area contributed by atoms with E-state index in [1.54, 1.807) is 6.07 Å². The monoisotopic (exact) mass is 579 g/mol. The molecule has 2 aliphatic heterocycles. The van der Waals surface area contributed by atoms with Gasteiger partial charge in [0.2, 0.25) is 5.95 Å². The van der Waals surface area contributed by atoms with Crippen LogP contribution in [0.5, 0.6) is 0 Å². The van der Waals surface area contributed by atoms with E-state index in [9.17, 15) is 9.90 Å². The first-order chi connectivity index (χ1) is 18.2. The molecule has 1 aromatic heterocycles. The van der Waals surface area contributed by atoms with Gasteiger partial charge in [0, 0.05) is 35.7 Å². The van der Waals surface area contributed by atoms with Crippen molar-refractivity contribution in [1.29, 1.82) is 0 Å². The lowest BCUT2D eigenvalue weighted by Gasteiger charge is -2.47. The first-order valence-electron chi connectivity index (χ1n) is 13.7. The molecular formula is C28H36Cl3N5O2. The number of likely N-dealkylation sites (tertiary alicyclic amines) is 1. The van der Waals surface area contributed by atoms with E-state index in [1.165, 1.54) is 12.8 Å². The van der Waals surface area contributed by atoms with E-state index < -0.39 is 5.97 Å². The largest absolute Gasteiger partial charge is 0.481 e. The van der Waals surface area contributed by atoms with Crippen LogP contribution in [0.25, 0.3) is 0 Å². The van der Waals surface area contributed by atoms with Crippen LogP contribution in [0.4, 0.5) is 11.8 Å². The molecule has 10 heteroatoms. The Kier molecular flexibility index (Phi) is 8.58. The number of benzene rings is 1. The van der Waals surface area contributed by atoms with Gasteiger partial charge in [0.25, 0.3) is 0 Å². The molecule has 3 aliphatic rings. The summed E-state index contributed by atoms with van der Waals surface area (Å²) in [7, 11) is 0. The molecule has 0 bridgehead atoms. The molecule has 2 aromatic rings. The first kappa shape index (κ1) is 27.8. The number of rotatable bonds is 7. The van der Waals surface area contributed by atoms with Gasteiger partial charge in [0.1, 0.15) is 5.02 Å². The molecule has 1 saturated carbocycles. The highest BCUT2D eigenvalue weighted by molar-refractivity contribution is 6.35. The summed E-state index contributed by atoms with van der Waals surface area (Å²) in [6.45, 7) is 8.00. The number of aliphatic carboxylic acids is 1. The number of nitrogens with one attached hydrogen (secondary N) is 1. The maximum atomic E-state index is 11.2. The van der Waals surface area contributed by atoms with E-state index in [-0.39, 0.29) is 12.0 Å². The van der Waals surface area contributed by atoms with Crippen molar-refractivity contribution in [2.24, 2.45) is 17.8 Å². The molecule has 2 atom stereocenters. The number of aromatic nitrogens is 2. The van der Waals surface area contributed by atoms with Crippen LogP contribution in [0.2, 0.25) is 15.1 Å². The molecule has 206 valence electrons. The van der Waals surface area contributed by atoms with Gasteiger partial charge >= 0.3 is 5.97 Å². The van der Waals surface area contributed by atoms with Crippen molar-refractivity contribution in [1.82, 2.24) is 14.9 Å². The number of carboxylic acid groups (broad SMARTS) is 1. The third-order valence-corrected chi connectivity index (χ3v) is 9.76. The number of hydrogen-bond acceptors (Lipinski definition) is 6. The van der Waals surface area contributed by atoms with Gasteiger partial charge in [-0.15, -0.1) is 0 Å². The fourth-order valence-electron chi connectivity index (χ4n) is 6.33. The molecule has 2 saturated heterocycles. The number of carboxylic acids is 1. The number of nitrogens with zero attached hydrogens (tertiary/aromatic N) is 4. The van der Waals surface area contributed by atoms with Crippen molar-refractivity contribution in [3.05, 3.63) is 44.5 Å². The highest BCUT2D eigenvalue weighted by Gasteiger charge is 2.40. The molecule has 1 aromatic carbocycles.